The highest BCUT2D eigenvalue weighted by Crippen LogP contribution is 2.44. The van der Waals surface area contributed by atoms with Crippen molar-refractivity contribution in [3.63, 3.8) is 0 Å². The summed E-state index contributed by atoms with van der Waals surface area (Å²) < 4.78 is 13.1. The maximum Gasteiger partial charge on any atom is 0.162 e. The SMILES string of the molecule is Cl.Cl.O=C(CCCN1CCN(C2CC(Cl)=CC3=C2Sc2ccccc2C=C3)CC1)c1ccc(F)cc1. The number of carbonyl (C=O) groups excluding carboxylic acids is 1. The number of Topliss-reactive ketones (excluding diaryl/α,β-unsaturated/α-hetero) is 1. The van der Waals surface area contributed by atoms with Gasteiger partial charge in [-0.05, 0) is 60.5 Å². The van der Waals surface area contributed by atoms with E-state index in [0.717, 1.165) is 50.6 Å². The lowest BCUT2D eigenvalue weighted by atomic mass is 9.99. The molecule has 0 N–H and O–H groups in total. The number of carbonyl (C=O) groups is 1. The van der Waals surface area contributed by atoms with Gasteiger partial charge >= 0.3 is 0 Å². The molecule has 1 fully saturated rings. The molecule has 0 radical (unpaired) electrons. The van der Waals surface area contributed by atoms with Gasteiger partial charge in [0.15, 0.2) is 5.78 Å². The fourth-order valence-electron chi connectivity index (χ4n) is 4.87. The molecule has 0 amide bonds. The number of thioether (sulfide) groups is 1. The first-order valence-corrected chi connectivity index (χ1v) is 13.1. The minimum Gasteiger partial charge on any atom is -0.301 e. The van der Waals surface area contributed by atoms with Gasteiger partial charge in [0, 0.05) is 65.5 Å². The lowest BCUT2D eigenvalue weighted by Gasteiger charge is -2.41. The van der Waals surface area contributed by atoms with Crippen LogP contribution in [0.2, 0.25) is 0 Å². The van der Waals surface area contributed by atoms with Gasteiger partial charge in [-0.25, -0.2) is 4.39 Å². The molecule has 1 atom stereocenters. The van der Waals surface area contributed by atoms with Gasteiger partial charge in [0.25, 0.3) is 0 Å². The second-order valence-corrected chi connectivity index (χ2v) is 10.6. The van der Waals surface area contributed by atoms with E-state index in [-0.39, 0.29) is 36.4 Å². The predicted octanol–water partition coefficient (Wildman–Crippen LogP) is 7.22. The van der Waals surface area contributed by atoms with Gasteiger partial charge in [0.2, 0.25) is 0 Å². The van der Waals surface area contributed by atoms with E-state index < -0.39 is 0 Å². The average Bonchev–Trinajstić information content (AvgIpc) is 3.04. The Balaban J connectivity index is 0.00000180. The van der Waals surface area contributed by atoms with Crippen LogP contribution in [0.1, 0.15) is 35.2 Å². The largest absolute Gasteiger partial charge is 0.301 e. The lowest BCUT2D eigenvalue weighted by molar-refractivity contribution is 0.0944. The topological polar surface area (TPSA) is 23.6 Å². The molecule has 2 aromatic rings. The zero-order valence-corrected chi connectivity index (χ0v) is 23.1. The van der Waals surface area contributed by atoms with Crippen molar-refractivity contribution in [3.8, 4) is 0 Å². The first-order chi connectivity index (χ1) is 16.6. The van der Waals surface area contributed by atoms with E-state index in [4.69, 9.17) is 11.6 Å². The third-order valence-corrected chi connectivity index (χ3v) is 8.34. The van der Waals surface area contributed by atoms with Crippen molar-refractivity contribution < 1.29 is 9.18 Å². The predicted molar refractivity (Wildman–Crippen MR) is 153 cm³/mol. The Bertz CT molecular complexity index is 1160. The minimum atomic E-state index is -0.311. The van der Waals surface area contributed by atoms with Crippen LogP contribution in [0.4, 0.5) is 4.39 Å². The second-order valence-electron chi connectivity index (χ2n) is 9.02. The van der Waals surface area contributed by atoms with Crippen molar-refractivity contribution in [3.05, 3.63) is 93.1 Å². The molecule has 2 aliphatic heterocycles. The summed E-state index contributed by atoms with van der Waals surface area (Å²) in [6.07, 6.45) is 8.69. The Morgan fingerprint density at radius 3 is 2.47 bits per heavy atom. The molecular weight excluding hydrogens is 538 g/mol. The number of halogens is 4. The van der Waals surface area contributed by atoms with Gasteiger partial charge in [0.1, 0.15) is 5.82 Å². The van der Waals surface area contributed by atoms with E-state index in [2.05, 4.69) is 52.3 Å². The quantitative estimate of drug-likeness (QED) is 0.344. The first kappa shape index (κ1) is 29.0. The van der Waals surface area contributed by atoms with Crippen LogP contribution in [-0.4, -0.2) is 54.3 Å². The van der Waals surface area contributed by atoms with E-state index in [1.165, 1.54) is 33.1 Å². The molecule has 8 heteroatoms. The van der Waals surface area contributed by atoms with Crippen LogP contribution in [0.15, 0.2) is 81.1 Å². The molecule has 1 aliphatic carbocycles. The van der Waals surface area contributed by atoms with Crippen LogP contribution in [-0.2, 0) is 0 Å². The lowest BCUT2D eigenvalue weighted by Crippen LogP contribution is -2.51. The molecule has 3 aliphatic rings. The van der Waals surface area contributed by atoms with Gasteiger partial charge in [-0.1, -0.05) is 53.7 Å². The molecule has 3 nitrogen and oxygen atoms in total. The molecule has 2 heterocycles. The van der Waals surface area contributed by atoms with Gasteiger partial charge in [0.05, 0.1) is 0 Å². The summed E-state index contributed by atoms with van der Waals surface area (Å²) in [4.78, 5) is 20.1. The van der Waals surface area contributed by atoms with Crippen LogP contribution in [0.5, 0.6) is 0 Å². The molecular formula is C28H30Cl3FN2OS. The van der Waals surface area contributed by atoms with Crippen molar-refractivity contribution in [1.29, 1.82) is 0 Å². The summed E-state index contributed by atoms with van der Waals surface area (Å²) >= 11 is 8.47. The number of ketones is 1. The molecule has 1 unspecified atom stereocenters. The molecule has 0 aromatic heterocycles. The summed E-state index contributed by atoms with van der Waals surface area (Å²) in [5.74, 6) is -0.227. The monoisotopic (exact) mass is 566 g/mol. The van der Waals surface area contributed by atoms with Crippen LogP contribution in [0, 0.1) is 5.82 Å². The van der Waals surface area contributed by atoms with E-state index >= 15 is 0 Å². The number of hydrogen-bond donors (Lipinski definition) is 0. The normalized spacial score (nSPS) is 19.8. The highest BCUT2D eigenvalue weighted by atomic mass is 35.5. The zero-order valence-electron chi connectivity index (χ0n) is 19.9. The highest BCUT2D eigenvalue weighted by Gasteiger charge is 2.32. The van der Waals surface area contributed by atoms with Crippen LogP contribution in [0.25, 0.3) is 6.08 Å². The van der Waals surface area contributed by atoms with E-state index in [1.807, 2.05) is 11.8 Å². The summed E-state index contributed by atoms with van der Waals surface area (Å²) in [6, 6.07) is 14.7. The standard InChI is InChI=1S/C28H28ClFN2OS.2ClH/c29-23-18-22-8-7-21-4-1-2-6-27(21)34-28(22)25(19-23)32-16-14-31(15-17-32)13-3-5-26(33)20-9-11-24(30)12-10-20;;/h1-2,4,6-12,18,25H,3,5,13-17,19H2;2*1H. The summed E-state index contributed by atoms with van der Waals surface area (Å²) in [7, 11) is 0. The number of allylic oxidation sites excluding steroid dienone is 3. The number of nitrogens with zero attached hydrogens (tertiary/aromatic N) is 2. The fourth-order valence-corrected chi connectivity index (χ4v) is 6.39. The molecule has 192 valence electrons. The van der Waals surface area contributed by atoms with E-state index in [1.54, 1.807) is 12.1 Å². The minimum absolute atomic E-state index is 0. The Morgan fingerprint density at radius 2 is 1.72 bits per heavy atom. The molecule has 0 spiro atoms. The number of fused-ring (bicyclic) bond motifs is 1. The Hall–Kier alpha value is -1.60. The molecule has 5 rings (SSSR count). The highest BCUT2D eigenvalue weighted by molar-refractivity contribution is 8.03. The second kappa shape index (κ2) is 13.3. The van der Waals surface area contributed by atoms with Crippen LogP contribution < -0.4 is 0 Å². The van der Waals surface area contributed by atoms with Crippen LogP contribution >= 0.6 is 48.2 Å². The third kappa shape index (κ3) is 6.83. The molecule has 36 heavy (non-hydrogen) atoms. The van der Waals surface area contributed by atoms with E-state index in [0.29, 0.717) is 18.0 Å². The summed E-state index contributed by atoms with van der Waals surface area (Å²) in [5.41, 5.74) is 3.07. The Morgan fingerprint density at radius 1 is 1.00 bits per heavy atom. The van der Waals surface area contributed by atoms with Gasteiger partial charge in [-0.15, -0.1) is 24.8 Å². The smallest absolute Gasteiger partial charge is 0.162 e. The molecule has 2 aromatic carbocycles. The van der Waals surface area contributed by atoms with Crippen molar-refractivity contribution in [2.24, 2.45) is 0 Å². The Labute approximate surface area is 234 Å². The maximum absolute atomic E-state index is 13.1. The summed E-state index contributed by atoms with van der Waals surface area (Å²) in [5, 5.41) is 0.918. The zero-order chi connectivity index (χ0) is 23.5. The third-order valence-electron chi connectivity index (χ3n) is 6.76. The van der Waals surface area contributed by atoms with E-state index in [9.17, 15) is 9.18 Å². The average molecular weight is 568 g/mol. The number of benzene rings is 2. The molecule has 0 bridgehead atoms. The van der Waals surface area contributed by atoms with Crippen molar-refractivity contribution >= 4 is 60.0 Å². The molecule has 1 saturated heterocycles. The van der Waals surface area contributed by atoms with Crippen molar-refractivity contribution in [1.82, 2.24) is 9.80 Å². The fraction of sp³-hybridized carbons (Fsp3) is 0.321. The number of hydrogen-bond acceptors (Lipinski definition) is 4. The molecule has 0 saturated carbocycles. The van der Waals surface area contributed by atoms with Crippen molar-refractivity contribution in [2.45, 2.75) is 30.2 Å². The Kier molecular flexibility index (Phi) is 10.7. The van der Waals surface area contributed by atoms with Gasteiger partial charge in [-0.3, -0.25) is 9.69 Å². The first-order valence-electron chi connectivity index (χ1n) is 11.9. The maximum atomic E-state index is 13.1. The van der Waals surface area contributed by atoms with Crippen LogP contribution in [0.3, 0.4) is 0 Å². The summed E-state index contributed by atoms with van der Waals surface area (Å²) in [6.45, 7) is 4.86. The van der Waals surface area contributed by atoms with Gasteiger partial charge in [-0.2, -0.15) is 0 Å². The van der Waals surface area contributed by atoms with Crippen molar-refractivity contribution in [2.75, 3.05) is 32.7 Å². The van der Waals surface area contributed by atoms with Gasteiger partial charge < -0.3 is 4.90 Å². The number of rotatable bonds is 6. The number of piperazine rings is 1.